The van der Waals surface area contributed by atoms with Gasteiger partial charge in [-0.2, -0.15) is 0 Å². The minimum absolute atomic E-state index is 0.247. The number of halogens is 1. The summed E-state index contributed by atoms with van der Waals surface area (Å²) in [6.07, 6.45) is 1.06. The van der Waals surface area contributed by atoms with Crippen molar-refractivity contribution in [2.45, 2.75) is 31.1 Å². The molecule has 0 spiro atoms. The molecule has 2 aromatic carbocycles. The first-order valence-electron chi connectivity index (χ1n) is 6.80. The Morgan fingerprint density at radius 3 is 2.14 bits per heavy atom. The van der Waals surface area contributed by atoms with Gasteiger partial charge in [-0.25, -0.2) is 8.42 Å². The van der Waals surface area contributed by atoms with Crippen molar-refractivity contribution in [1.82, 2.24) is 0 Å². The number of hydrogen-bond acceptors (Lipinski definition) is 2. The maximum atomic E-state index is 12.3. The van der Waals surface area contributed by atoms with Gasteiger partial charge in [0, 0.05) is 10.2 Å². The summed E-state index contributed by atoms with van der Waals surface area (Å²) >= 11 is 3.29. The largest absolute Gasteiger partial charge is 0.280 e. The van der Waals surface area contributed by atoms with E-state index in [4.69, 9.17) is 0 Å². The second-order valence-corrected chi connectivity index (χ2v) is 7.59. The van der Waals surface area contributed by atoms with Crippen LogP contribution in [0.25, 0.3) is 0 Å². The van der Waals surface area contributed by atoms with Crippen LogP contribution in [0.1, 0.15) is 31.7 Å². The quantitative estimate of drug-likeness (QED) is 0.827. The highest BCUT2D eigenvalue weighted by molar-refractivity contribution is 9.10. The van der Waals surface area contributed by atoms with E-state index in [-0.39, 0.29) is 4.90 Å². The van der Waals surface area contributed by atoms with Gasteiger partial charge in [0.1, 0.15) is 0 Å². The van der Waals surface area contributed by atoms with Crippen LogP contribution in [0.4, 0.5) is 5.69 Å². The number of sulfonamides is 1. The van der Waals surface area contributed by atoms with Gasteiger partial charge in [0.05, 0.1) is 4.90 Å². The molecule has 0 fully saturated rings. The Labute approximate surface area is 134 Å². The molecular formula is C16H18BrNO2S. The molecule has 0 amide bonds. The molecule has 5 heteroatoms. The fourth-order valence-corrected chi connectivity index (χ4v) is 3.27. The lowest BCUT2D eigenvalue weighted by Crippen LogP contribution is -2.12. The van der Waals surface area contributed by atoms with E-state index >= 15 is 0 Å². The van der Waals surface area contributed by atoms with Crippen LogP contribution in [0.5, 0.6) is 0 Å². The Balaban J connectivity index is 2.19. The molecule has 0 bridgehead atoms. The van der Waals surface area contributed by atoms with Crippen molar-refractivity contribution in [3.05, 3.63) is 58.6 Å². The van der Waals surface area contributed by atoms with Crippen LogP contribution in [0.2, 0.25) is 0 Å². The van der Waals surface area contributed by atoms with Gasteiger partial charge in [0.2, 0.25) is 0 Å². The molecule has 3 nitrogen and oxygen atoms in total. The maximum Gasteiger partial charge on any atom is 0.261 e. The van der Waals surface area contributed by atoms with Gasteiger partial charge < -0.3 is 0 Å². The molecule has 0 heterocycles. The van der Waals surface area contributed by atoms with E-state index in [1.54, 1.807) is 36.4 Å². The molecule has 0 radical (unpaired) electrons. The molecule has 1 N–H and O–H groups in total. The summed E-state index contributed by atoms with van der Waals surface area (Å²) in [5.74, 6) is 0.474. The second-order valence-electron chi connectivity index (χ2n) is 4.99. The molecule has 0 aromatic heterocycles. The molecule has 0 saturated carbocycles. The monoisotopic (exact) mass is 367 g/mol. The number of hydrogen-bond donors (Lipinski definition) is 1. The SMILES string of the molecule is CC[C@H](C)c1ccc(NS(=O)(=O)c2ccc(Br)cc2)cc1. The zero-order valence-electron chi connectivity index (χ0n) is 12.0. The summed E-state index contributed by atoms with van der Waals surface area (Å²) in [4.78, 5) is 0.247. The van der Waals surface area contributed by atoms with Gasteiger partial charge in [-0.05, 0) is 54.3 Å². The lowest BCUT2D eigenvalue weighted by Gasteiger charge is -2.11. The minimum atomic E-state index is -3.54. The standard InChI is InChI=1S/C16H18BrNO2S/c1-3-12(2)13-4-8-15(9-5-13)18-21(19,20)16-10-6-14(17)7-11-16/h4-12,18H,3H2,1-2H3/t12-/m0/s1. The third-order valence-electron chi connectivity index (χ3n) is 3.47. The number of anilines is 1. The van der Waals surface area contributed by atoms with E-state index in [9.17, 15) is 8.42 Å². The number of benzene rings is 2. The van der Waals surface area contributed by atoms with E-state index in [0.29, 0.717) is 11.6 Å². The predicted octanol–water partition coefficient (Wildman–Crippen LogP) is 4.76. The van der Waals surface area contributed by atoms with Crippen LogP contribution in [0.3, 0.4) is 0 Å². The molecule has 0 aliphatic rings. The number of nitrogens with one attached hydrogen (secondary N) is 1. The summed E-state index contributed by atoms with van der Waals surface area (Å²) in [5, 5.41) is 0. The van der Waals surface area contributed by atoms with Crippen LogP contribution >= 0.6 is 15.9 Å². The van der Waals surface area contributed by atoms with Gasteiger partial charge in [0.15, 0.2) is 0 Å². The molecule has 1 atom stereocenters. The highest BCUT2D eigenvalue weighted by Crippen LogP contribution is 2.22. The molecule has 21 heavy (non-hydrogen) atoms. The summed E-state index contributed by atoms with van der Waals surface area (Å²) in [6, 6.07) is 14.1. The van der Waals surface area contributed by atoms with Crippen LogP contribution in [0.15, 0.2) is 57.9 Å². The molecule has 0 unspecified atom stereocenters. The molecule has 0 aliphatic carbocycles. The van der Waals surface area contributed by atoms with Gasteiger partial charge in [-0.1, -0.05) is 41.9 Å². The van der Waals surface area contributed by atoms with Crippen LogP contribution in [-0.2, 0) is 10.0 Å². The molecule has 2 aromatic rings. The molecular weight excluding hydrogens is 350 g/mol. The Morgan fingerprint density at radius 1 is 1.05 bits per heavy atom. The highest BCUT2D eigenvalue weighted by Gasteiger charge is 2.14. The summed E-state index contributed by atoms with van der Waals surface area (Å²) < 4.78 is 28.0. The smallest absolute Gasteiger partial charge is 0.261 e. The van der Waals surface area contributed by atoms with Crippen molar-refractivity contribution in [3.8, 4) is 0 Å². The fourth-order valence-electron chi connectivity index (χ4n) is 1.94. The lowest BCUT2D eigenvalue weighted by molar-refractivity contribution is 0.601. The Bertz CT molecular complexity index is 694. The third-order valence-corrected chi connectivity index (χ3v) is 5.39. The van der Waals surface area contributed by atoms with Gasteiger partial charge >= 0.3 is 0 Å². The van der Waals surface area contributed by atoms with Crippen LogP contribution in [-0.4, -0.2) is 8.42 Å². The van der Waals surface area contributed by atoms with E-state index < -0.39 is 10.0 Å². The van der Waals surface area contributed by atoms with E-state index in [1.807, 2.05) is 12.1 Å². The van der Waals surface area contributed by atoms with Crippen molar-refractivity contribution >= 4 is 31.6 Å². The van der Waals surface area contributed by atoms with Crippen molar-refractivity contribution in [2.75, 3.05) is 4.72 Å². The summed E-state index contributed by atoms with van der Waals surface area (Å²) in [6.45, 7) is 4.29. The predicted molar refractivity (Wildman–Crippen MR) is 90.1 cm³/mol. The molecule has 2 rings (SSSR count). The average molecular weight is 368 g/mol. The Kier molecular flexibility index (Phi) is 5.06. The first-order chi connectivity index (χ1) is 9.92. The molecule has 0 aliphatic heterocycles. The second kappa shape index (κ2) is 6.62. The van der Waals surface area contributed by atoms with E-state index in [2.05, 4.69) is 34.5 Å². The lowest BCUT2D eigenvalue weighted by atomic mass is 9.99. The van der Waals surface area contributed by atoms with Gasteiger partial charge in [-0.15, -0.1) is 0 Å². The van der Waals surface area contributed by atoms with Crippen molar-refractivity contribution in [1.29, 1.82) is 0 Å². The van der Waals surface area contributed by atoms with Crippen molar-refractivity contribution < 1.29 is 8.42 Å². The molecule has 0 saturated heterocycles. The zero-order chi connectivity index (χ0) is 15.5. The van der Waals surface area contributed by atoms with Crippen LogP contribution in [0, 0.1) is 0 Å². The fraction of sp³-hybridized carbons (Fsp3) is 0.250. The van der Waals surface area contributed by atoms with Crippen LogP contribution < -0.4 is 4.72 Å². The van der Waals surface area contributed by atoms with Gasteiger partial charge in [-0.3, -0.25) is 4.72 Å². The van der Waals surface area contributed by atoms with E-state index in [0.717, 1.165) is 10.9 Å². The normalized spacial score (nSPS) is 12.9. The third kappa shape index (κ3) is 4.08. The highest BCUT2D eigenvalue weighted by atomic mass is 79.9. The summed E-state index contributed by atoms with van der Waals surface area (Å²) in [7, 11) is -3.54. The van der Waals surface area contributed by atoms with Crippen molar-refractivity contribution in [3.63, 3.8) is 0 Å². The molecule has 112 valence electrons. The maximum absolute atomic E-state index is 12.3. The minimum Gasteiger partial charge on any atom is -0.280 e. The van der Waals surface area contributed by atoms with Gasteiger partial charge in [0.25, 0.3) is 10.0 Å². The summed E-state index contributed by atoms with van der Waals surface area (Å²) in [5.41, 5.74) is 1.79. The van der Waals surface area contributed by atoms with E-state index in [1.165, 1.54) is 5.56 Å². The topological polar surface area (TPSA) is 46.2 Å². The first-order valence-corrected chi connectivity index (χ1v) is 9.08. The first kappa shape index (κ1) is 16.0. The zero-order valence-corrected chi connectivity index (χ0v) is 14.4. The number of rotatable bonds is 5. The Hall–Kier alpha value is -1.33. The Morgan fingerprint density at radius 2 is 1.62 bits per heavy atom. The van der Waals surface area contributed by atoms with Crippen molar-refractivity contribution in [2.24, 2.45) is 0 Å². The average Bonchev–Trinajstić information content (AvgIpc) is 2.47.